The van der Waals surface area contributed by atoms with Crippen molar-refractivity contribution in [2.24, 2.45) is 0 Å². The minimum atomic E-state index is -3.59. The van der Waals surface area contributed by atoms with E-state index in [1.807, 2.05) is 0 Å². The summed E-state index contributed by atoms with van der Waals surface area (Å²) in [5.74, 6) is -1.59. The number of esters is 1. The van der Waals surface area contributed by atoms with Gasteiger partial charge < -0.3 is 9.64 Å². The molecule has 0 aromatic carbocycles. The van der Waals surface area contributed by atoms with E-state index in [1.54, 1.807) is 0 Å². The zero-order valence-corrected chi connectivity index (χ0v) is 13.0. The van der Waals surface area contributed by atoms with Gasteiger partial charge in [-0.05, 0) is 12.8 Å². The number of nitrogens with zero attached hydrogens (tertiary/aromatic N) is 1. The second-order valence-corrected chi connectivity index (χ2v) is 8.23. The lowest BCUT2D eigenvalue weighted by Gasteiger charge is -2.30. The fourth-order valence-corrected chi connectivity index (χ4v) is 4.75. The normalized spacial score (nSPS) is 28.6. The van der Waals surface area contributed by atoms with Crippen molar-refractivity contribution in [2.45, 2.75) is 42.5 Å². The van der Waals surface area contributed by atoms with E-state index in [-0.39, 0.29) is 25.8 Å². The van der Waals surface area contributed by atoms with E-state index in [4.69, 9.17) is 0 Å². The monoisotopic (exact) mass is 321 g/mol. The van der Waals surface area contributed by atoms with Crippen molar-refractivity contribution in [3.63, 3.8) is 0 Å². The van der Waals surface area contributed by atoms with Crippen LogP contribution in [0.2, 0.25) is 0 Å². The minimum absolute atomic E-state index is 0.0295. The number of hydrogen-bond donors (Lipinski definition) is 0. The molecule has 1 amide bonds. The lowest BCUT2D eigenvalue weighted by Crippen LogP contribution is -2.52. The van der Waals surface area contributed by atoms with Crippen LogP contribution in [0, 0.1) is 0 Å². The highest BCUT2D eigenvalue weighted by Crippen LogP contribution is 2.40. The molecule has 0 bridgehead atoms. The molecule has 0 spiro atoms. The van der Waals surface area contributed by atoms with Crippen LogP contribution in [0.4, 0.5) is 4.39 Å². The summed E-state index contributed by atoms with van der Waals surface area (Å²) in [5.41, 5.74) is -2.23. The molecule has 1 heterocycles. The Labute approximate surface area is 123 Å². The summed E-state index contributed by atoms with van der Waals surface area (Å²) >= 11 is 0. The number of hydrogen-bond acceptors (Lipinski definition) is 5. The molecular formula is C13H20FNO5S. The van der Waals surface area contributed by atoms with Gasteiger partial charge in [0, 0.05) is 19.2 Å². The molecule has 0 N–H and O–H groups in total. The molecule has 0 aromatic rings. The Balaban J connectivity index is 2.23. The van der Waals surface area contributed by atoms with Crippen LogP contribution in [0.25, 0.3) is 0 Å². The second-order valence-electron chi connectivity index (χ2n) is 5.91. The molecule has 0 radical (unpaired) electrons. The van der Waals surface area contributed by atoms with Crippen molar-refractivity contribution in [3.8, 4) is 0 Å². The smallest absolute Gasteiger partial charge is 0.345 e. The number of halogens is 1. The molecular weight excluding hydrogens is 301 g/mol. The van der Waals surface area contributed by atoms with Gasteiger partial charge in [-0.2, -0.15) is 0 Å². The van der Waals surface area contributed by atoms with Crippen LogP contribution in [-0.4, -0.2) is 62.1 Å². The first-order valence-electron chi connectivity index (χ1n) is 6.93. The number of amides is 1. The molecule has 2 aliphatic rings. The molecule has 2 fully saturated rings. The molecule has 0 aromatic heterocycles. The van der Waals surface area contributed by atoms with Gasteiger partial charge >= 0.3 is 5.97 Å². The lowest BCUT2D eigenvalue weighted by molar-refractivity contribution is -0.154. The maximum absolute atomic E-state index is 14.4. The van der Waals surface area contributed by atoms with E-state index in [0.717, 1.165) is 18.3 Å². The van der Waals surface area contributed by atoms with E-state index < -0.39 is 38.7 Å². The Hall–Kier alpha value is -1.18. The van der Waals surface area contributed by atoms with E-state index in [2.05, 4.69) is 4.74 Å². The van der Waals surface area contributed by atoms with Crippen molar-refractivity contribution >= 4 is 21.7 Å². The number of rotatable bonds is 3. The van der Waals surface area contributed by atoms with Gasteiger partial charge in [-0.3, -0.25) is 4.79 Å². The summed E-state index contributed by atoms with van der Waals surface area (Å²) in [6, 6.07) is 0. The van der Waals surface area contributed by atoms with E-state index in [1.165, 1.54) is 0 Å². The SMILES string of the molecule is COC(=O)[C@]1(F)CCN(C(=O)C2(S(C)(=O)=O)CCCC2)C1. The van der Waals surface area contributed by atoms with E-state index in [9.17, 15) is 22.4 Å². The van der Waals surface area contributed by atoms with Gasteiger partial charge in [0.05, 0.1) is 13.7 Å². The van der Waals surface area contributed by atoms with Crippen molar-refractivity contribution in [1.82, 2.24) is 4.90 Å². The fraction of sp³-hybridized carbons (Fsp3) is 0.846. The maximum atomic E-state index is 14.4. The first kappa shape index (κ1) is 16.2. The molecule has 0 unspecified atom stereocenters. The molecule has 2 rings (SSSR count). The standard InChI is InChI=1S/C13H20FNO5S/c1-20-11(17)12(14)7-8-15(9-12)10(16)13(21(2,18)19)5-3-4-6-13/h3-9H2,1-2H3/t12-/m0/s1. The molecule has 1 atom stereocenters. The maximum Gasteiger partial charge on any atom is 0.345 e. The summed E-state index contributed by atoms with van der Waals surface area (Å²) in [5, 5.41) is 0. The van der Waals surface area contributed by atoms with Crippen LogP contribution in [0.15, 0.2) is 0 Å². The van der Waals surface area contributed by atoms with Crippen molar-refractivity contribution in [2.75, 3.05) is 26.5 Å². The van der Waals surface area contributed by atoms with Gasteiger partial charge in [-0.1, -0.05) is 12.8 Å². The predicted molar refractivity (Wildman–Crippen MR) is 73.1 cm³/mol. The topological polar surface area (TPSA) is 80.8 Å². The number of ether oxygens (including phenoxy) is 1. The second kappa shape index (κ2) is 5.23. The number of alkyl halides is 1. The lowest BCUT2D eigenvalue weighted by atomic mass is 10.0. The van der Waals surface area contributed by atoms with Gasteiger partial charge in [0.2, 0.25) is 11.6 Å². The Kier molecular flexibility index (Phi) is 4.03. The van der Waals surface area contributed by atoms with Crippen molar-refractivity contribution in [3.05, 3.63) is 0 Å². The first-order chi connectivity index (χ1) is 9.66. The summed E-state index contributed by atoms with van der Waals surface area (Å²) < 4.78 is 41.5. The average molecular weight is 321 g/mol. The number of carbonyl (C=O) groups excluding carboxylic acids is 2. The quantitative estimate of drug-likeness (QED) is 0.705. The molecule has 1 aliphatic heterocycles. The Morgan fingerprint density at radius 1 is 1.19 bits per heavy atom. The number of sulfone groups is 1. The van der Waals surface area contributed by atoms with Crippen LogP contribution >= 0.6 is 0 Å². The van der Waals surface area contributed by atoms with Crippen LogP contribution in [0.1, 0.15) is 32.1 Å². The van der Waals surface area contributed by atoms with E-state index in [0.29, 0.717) is 12.8 Å². The van der Waals surface area contributed by atoms with Crippen LogP contribution in [0.5, 0.6) is 0 Å². The van der Waals surface area contributed by atoms with Crippen LogP contribution in [-0.2, 0) is 24.2 Å². The van der Waals surface area contributed by atoms with Crippen LogP contribution in [0.3, 0.4) is 0 Å². The van der Waals surface area contributed by atoms with Crippen molar-refractivity contribution < 1.29 is 27.1 Å². The zero-order chi connectivity index (χ0) is 15.9. The third kappa shape index (κ3) is 2.54. The largest absolute Gasteiger partial charge is 0.467 e. The summed E-state index contributed by atoms with van der Waals surface area (Å²) in [6.45, 7) is -0.405. The van der Waals surface area contributed by atoms with Gasteiger partial charge in [-0.25, -0.2) is 17.6 Å². The summed E-state index contributed by atoms with van der Waals surface area (Å²) in [4.78, 5) is 25.2. The van der Waals surface area contributed by atoms with Gasteiger partial charge in [0.1, 0.15) is 0 Å². The van der Waals surface area contributed by atoms with Gasteiger partial charge in [-0.15, -0.1) is 0 Å². The Bertz CT molecular complexity index is 555. The Morgan fingerprint density at radius 2 is 1.76 bits per heavy atom. The first-order valence-corrected chi connectivity index (χ1v) is 8.82. The molecule has 1 saturated carbocycles. The Morgan fingerprint density at radius 3 is 2.24 bits per heavy atom. The molecule has 8 heteroatoms. The van der Waals surface area contributed by atoms with Crippen molar-refractivity contribution in [1.29, 1.82) is 0 Å². The highest BCUT2D eigenvalue weighted by Gasteiger charge is 2.56. The number of methoxy groups -OCH3 is 1. The third-order valence-electron chi connectivity index (χ3n) is 4.57. The number of likely N-dealkylation sites (tertiary alicyclic amines) is 1. The predicted octanol–water partition coefficient (Wildman–Crippen LogP) is 0.457. The third-order valence-corrected chi connectivity index (χ3v) is 6.57. The molecule has 1 aliphatic carbocycles. The molecule has 21 heavy (non-hydrogen) atoms. The van der Waals surface area contributed by atoms with Gasteiger partial charge in [0.25, 0.3) is 0 Å². The van der Waals surface area contributed by atoms with Crippen LogP contribution < -0.4 is 0 Å². The van der Waals surface area contributed by atoms with E-state index >= 15 is 0 Å². The average Bonchev–Trinajstić information content (AvgIpc) is 3.04. The summed E-state index contributed by atoms with van der Waals surface area (Å²) in [6.07, 6.45) is 2.73. The fourth-order valence-electron chi connectivity index (χ4n) is 3.27. The molecule has 120 valence electrons. The molecule has 1 saturated heterocycles. The number of carbonyl (C=O) groups is 2. The molecule has 6 nitrogen and oxygen atoms in total. The highest BCUT2D eigenvalue weighted by molar-refractivity contribution is 7.92. The van der Waals surface area contributed by atoms with Gasteiger partial charge in [0.15, 0.2) is 14.6 Å². The minimum Gasteiger partial charge on any atom is -0.467 e. The zero-order valence-electron chi connectivity index (χ0n) is 12.2. The summed E-state index contributed by atoms with van der Waals surface area (Å²) in [7, 11) is -2.51. The highest BCUT2D eigenvalue weighted by atomic mass is 32.2.